The second kappa shape index (κ2) is 5.44. The molecule has 0 aliphatic rings. The van der Waals surface area contributed by atoms with Gasteiger partial charge in [-0.2, -0.15) is 0 Å². The highest BCUT2D eigenvalue weighted by Gasteiger charge is 2.09. The molecule has 3 rings (SSSR count). The number of nitrogens with zero attached hydrogens (tertiary/aromatic N) is 3. The van der Waals surface area contributed by atoms with Crippen LogP contribution in [-0.4, -0.2) is 15.2 Å². The molecule has 0 fully saturated rings. The molecular formula is C13H13N3O2S. The van der Waals surface area contributed by atoms with Crippen LogP contribution in [0.3, 0.4) is 0 Å². The van der Waals surface area contributed by atoms with E-state index in [2.05, 4.69) is 22.1 Å². The number of aryl methyl sites for hydroxylation is 1. The second-order valence-corrected chi connectivity index (χ2v) is 5.00. The quantitative estimate of drug-likeness (QED) is 0.664. The van der Waals surface area contributed by atoms with Crippen molar-refractivity contribution in [3.8, 4) is 0 Å². The molecule has 5 nitrogen and oxygen atoms in total. The Hall–Kier alpha value is -1.82. The molecule has 3 aromatic rings. The third-order valence-electron chi connectivity index (χ3n) is 2.57. The summed E-state index contributed by atoms with van der Waals surface area (Å²) in [5.74, 6) is 1.87. The lowest BCUT2D eigenvalue weighted by Gasteiger charge is -1.90. The molecule has 2 heterocycles. The Morgan fingerprint density at radius 1 is 1.11 bits per heavy atom. The van der Waals surface area contributed by atoms with Crippen molar-refractivity contribution in [1.82, 2.24) is 15.2 Å². The van der Waals surface area contributed by atoms with E-state index in [-0.39, 0.29) is 0 Å². The van der Waals surface area contributed by atoms with Crippen LogP contribution in [0.5, 0.6) is 0 Å². The first-order chi connectivity index (χ1) is 9.35. The number of fused-ring (bicyclic) bond motifs is 1. The number of benzene rings is 1. The van der Waals surface area contributed by atoms with Crippen molar-refractivity contribution in [3.05, 3.63) is 36.0 Å². The highest BCUT2D eigenvalue weighted by atomic mass is 32.2. The standard InChI is InChI=1S/C13H13N3O2S/c1-2-5-11-15-16-12(18-11)8-19-13-14-9-6-3-4-7-10(9)17-13/h3-4,6-7H,2,5,8H2,1H3. The third-order valence-corrected chi connectivity index (χ3v) is 3.38. The van der Waals surface area contributed by atoms with Crippen LogP contribution in [0, 0.1) is 0 Å². The molecule has 0 aliphatic heterocycles. The molecule has 0 atom stereocenters. The van der Waals surface area contributed by atoms with Crippen LogP contribution in [0.1, 0.15) is 25.1 Å². The van der Waals surface area contributed by atoms with E-state index in [0.717, 1.165) is 23.9 Å². The minimum atomic E-state index is 0.573. The third kappa shape index (κ3) is 2.78. The van der Waals surface area contributed by atoms with Gasteiger partial charge in [0.15, 0.2) is 5.58 Å². The number of hydrogen-bond acceptors (Lipinski definition) is 6. The van der Waals surface area contributed by atoms with E-state index in [1.807, 2.05) is 24.3 Å². The average molecular weight is 275 g/mol. The predicted molar refractivity (Wildman–Crippen MR) is 71.9 cm³/mol. The fraction of sp³-hybridized carbons (Fsp3) is 0.308. The highest BCUT2D eigenvalue weighted by molar-refractivity contribution is 7.98. The first kappa shape index (κ1) is 12.2. The summed E-state index contributed by atoms with van der Waals surface area (Å²) in [6.07, 6.45) is 1.82. The lowest BCUT2D eigenvalue weighted by Crippen LogP contribution is -1.80. The molecule has 0 aliphatic carbocycles. The van der Waals surface area contributed by atoms with Crippen molar-refractivity contribution < 1.29 is 8.83 Å². The molecule has 0 unspecified atom stereocenters. The maximum atomic E-state index is 5.61. The summed E-state index contributed by atoms with van der Waals surface area (Å²) in [6.45, 7) is 2.08. The molecule has 0 amide bonds. The van der Waals surface area contributed by atoms with Gasteiger partial charge in [0, 0.05) is 6.42 Å². The number of thioether (sulfide) groups is 1. The van der Waals surface area contributed by atoms with Crippen LogP contribution < -0.4 is 0 Å². The van der Waals surface area contributed by atoms with Crippen LogP contribution in [0.4, 0.5) is 0 Å². The minimum absolute atomic E-state index is 0.573. The molecule has 2 aromatic heterocycles. The molecular weight excluding hydrogens is 262 g/mol. The van der Waals surface area contributed by atoms with Gasteiger partial charge >= 0.3 is 0 Å². The molecule has 0 spiro atoms. The van der Waals surface area contributed by atoms with Gasteiger partial charge in [-0.25, -0.2) is 4.98 Å². The number of oxazole rings is 1. The molecule has 0 bridgehead atoms. The first-order valence-electron chi connectivity index (χ1n) is 6.15. The van der Waals surface area contributed by atoms with Gasteiger partial charge in [0.2, 0.25) is 11.8 Å². The van der Waals surface area contributed by atoms with Gasteiger partial charge < -0.3 is 8.83 Å². The molecule has 98 valence electrons. The van der Waals surface area contributed by atoms with Gasteiger partial charge in [-0.15, -0.1) is 10.2 Å². The fourth-order valence-electron chi connectivity index (χ4n) is 1.70. The van der Waals surface area contributed by atoms with Crippen molar-refractivity contribution >= 4 is 22.9 Å². The molecule has 6 heteroatoms. The molecule has 1 aromatic carbocycles. The molecule has 19 heavy (non-hydrogen) atoms. The monoisotopic (exact) mass is 275 g/mol. The van der Waals surface area contributed by atoms with Crippen LogP contribution in [0.25, 0.3) is 11.1 Å². The van der Waals surface area contributed by atoms with Crippen molar-refractivity contribution in [2.75, 3.05) is 0 Å². The van der Waals surface area contributed by atoms with Crippen LogP contribution in [0.2, 0.25) is 0 Å². The Kier molecular flexibility index (Phi) is 3.50. The lowest BCUT2D eigenvalue weighted by atomic mass is 10.3. The number of hydrogen-bond donors (Lipinski definition) is 0. The maximum absolute atomic E-state index is 5.61. The SMILES string of the molecule is CCCc1nnc(CSc2nc3ccccc3o2)o1. The minimum Gasteiger partial charge on any atom is -0.431 e. The summed E-state index contributed by atoms with van der Waals surface area (Å²) in [5, 5.41) is 8.60. The van der Waals surface area contributed by atoms with Crippen molar-refractivity contribution in [2.45, 2.75) is 30.7 Å². The van der Waals surface area contributed by atoms with Crippen molar-refractivity contribution in [2.24, 2.45) is 0 Å². The summed E-state index contributed by atoms with van der Waals surface area (Å²) in [5.41, 5.74) is 1.66. The van der Waals surface area contributed by atoms with E-state index in [4.69, 9.17) is 8.83 Å². The van der Waals surface area contributed by atoms with E-state index in [1.54, 1.807) is 0 Å². The summed E-state index contributed by atoms with van der Waals surface area (Å²) in [6, 6.07) is 7.69. The number of aromatic nitrogens is 3. The van der Waals surface area contributed by atoms with E-state index >= 15 is 0 Å². The molecule has 0 saturated heterocycles. The van der Waals surface area contributed by atoms with E-state index < -0.39 is 0 Å². The lowest BCUT2D eigenvalue weighted by molar-refractivity contribution is 0.459. The Morgan fingerprint density at radius 3 is 2.79 bits per heavy atom. The van der Waals surface area contributed by atoms with E-state index in [0.29, 0.717) is 22.8 Å². The number of rotatable bonds is 5. The Bertz CT molecular complexity index is 644. The topological polar surface area (TPSA) is 65.0 Å². The summed E-state index contributed by atoms with van der Waals surface area (Å²) in [4.78, 5) is 4.38. The van der Waals surface area contributed by atoms with E-state index in [1.165, 1.54) is 11.8 Å². The zero-order chi connectivity index (χ0) is 13.1. The van der Waals surface area contributed by atoms with Gasteiger partial charge in [-0.1, -0.05) is 30.8 Å². The van der Waals surface area contributed by atoms with Crippen molar-refractivity contribution in [1.29, 1.82) is 0 Å². The largest absolute Gasteiger partial charge is 0.431 e. The first-order valence-corrected chi connectivity index (χ1v) is 7.13. The van der Waals surface area contributed by atoms with Crippen LogP contribution in [0.15, 0.2) is 38.3 Å². The predicted octanol–water partition coefficient (Wildman–Crippen LogP) is 3.46. The van der Waals surface area contributed by atoms with Crippen LogP contribution in [-0.2, 0) is 12.2 Å². The summed E-state index contributed by atoms with van der Waals surface area (Å²) in [7, 11) is 0. The Morgan fingerprint density at radius 2 is 1.95 bits per heavy atom. The van der Waals surface area contributed by atoms with Crippen LogP contribution >= 0.6 is 11.8 Å². The summed E-state index contributed by atoms with van der Waals surface area (Å²) < 4.78 is 11.1. The zero-order valence-electron chi connectivity index (χ0n) is 10.5. The molecule has 0 radical (unpaired) electrons. The fourth-order valence-corrected chi connectivity index (χ4v) is 2.37. The summed E-state index contributed by atoms with van der Waals surface area (Å²) >= 11 is 1.46. The smallest absolute Gasteiger partial charge is 0.257 e. The Labute approximate surface area is 114 Å². The van der Waals surface area contributed by atoms with Crippen molar-refractivity contribution in [3.63, 3.8) is 0 Å². The van der Waals surface area contributed by atoms with Gasteiger partial charge in [0.25, 0.3) is 5.22 Å². The zero-order valence-corrected chi connectivity index (χ0v) is 11.3. The van der Waals surface area contributed by atoms with Gasteiger partial charge in [0.1, 0.15) is 5.52 Å². The highest BCUT2D eigenvalue weighted by Crippen LogP contribution is 2.25. The van der Waals surface area contributed by atoms with Gasteiger partial charge in [0.05, 0.1) is 5.75 Å². The normalized spacial score (nSPS) is 11.2. The van der Waals surface area contributed by atoms with Gasteiger partial charge in [-0.05, 0) is 18.6 Å². The van der Waals surface area contributed by atoms with E-state index in [9.17, 15) is 0 Å². The molecule has 0 N–H and O–H groups in total. The van der Waals surface area contributed by atoms with Gasteiger partial charge in [-0.3, -0.25) is 0 Å². The second-order valence-electron chi connectivity index (χ2n) is 4.08. The Balaban J connectivity index is 1.67. The maximum Gasteiger partial charge on any atom is 0.257 e. The molecule has 0 saturated carbocycles. The number of para-hydroxylation sites is 2. The average Bonchev–Trinajstić information content (AvgIpc) is 3.02.